The molecule has 0 fully saturated rings. The van der Waals surface area contributed by atoms with Crippen LogP contribution < -0.4 is 14.8 Å². The van der Waals surface area contributed by atoms with Crippen LogP contribution in [0.3, 0.4) is 0 Å². The van der Waals surface area contributed by atoms with Gasteiger partial charge in [-0.1, -0.05) is 28.1 Å². The molecule has 0 radical (unpaired) electrons. The Labute approximate surface area is 144 Å². The highest BCUT2D eigenvalue weighted by Gasteiger charge is 2.04. The minimum atomic E-state index is -0.194. The Balaban J connectivity index is 2.10. The fourth-order valence-electron chi connectivity index (χ4n) is 2.03. The number of methoxy groups -OCH3 is 2. The first-order valence-corrected chi connectivity index (χ1v) is 7.80. The zero-order valence-corrected chi connectivity index (χ0v) is 14.8. The maximum absolute atomic E-state index is 12.1. The molecule has 5 heteroatoms. The zero-order valence-electron chi connectivity index (χ0n) is 13.2. The van der Waals surface area contributed by atoms with Crippen LogP contribution in [-0.2, 0) is 4.79 Å². The summed E-state index contributed by atoms with van der Waals surface area (Å²) in [5, 5.41) is 2.86. The van der Waals surface area contributed by atoms with Crippen LogP contribution in [-0.4, -0.2) is 20.1 Å². The normalized spacial score (nSPS) is 10.6. The monoisotopic (exact) mass is 375 g/mol. The topological polar surface area (TPSA) is 47.6 Å². The van der Waals surface area contributed by atoms with Crippen molar-refractivity contribution in [1.29, 1.82) is 0 Å². The average Bonchev–Trinajstić information content (AvgIpc) is 2.56. The van der Waals surface area contributed by atoms with E-state index in [2.05, 4.69) is 21.2 Å². The molecule has 1 amide bonds. The Bertz CT molecular complexity index is 741. The SMILES string of the molecule is COc1ccc(/C=C/C(=O)Nc2cc(Br)ccc2C)cc1OC. The molecule has 2 aromatic carbocycles. The van der Waals surface area contributed by atoms with Crippen LogP contribution in [0.4, 0.5) is 5.69 Å². The molecule has 2 aromatic rings. The quantitative estimate of drug-likeness (QED) is 0.786. The summed E-state index contributed by atoms with van der Waals surface area (Å²) in [6.45, 7) is 1.94. The van der Waals surface area contributed by atoms with Gasteiger partial charge in [0.05, 0.1) is 14.2 Å². The molecule has 0 aliphatic heterocycles. The average molecular weight is 376 g/mol. The molecule has 23 heavy (non-hydrogen) atoms. The van der Waals surface area contributed by atoms with Gasteiger partial charge in [-0.3, -0.25) is 4.79 Å². The number of halogens is 1. The predicted molar refractivity (Wildman–Crippen MR) is 96.1 cm³/mol. The molecule has 4 nitrogen and oxygen atoms in total. The second-order valence-corrected chi connectivity index (χ2v) is 5.81. The van der Waals surface area contributed by atoms with E-state index in [1.165, 1.54) is 6.08 Å². The highest BCUT2D eigenvalue weighted by atomic mass is 79.9. The zero-order chi connectivity index (χ0) is 16.8. The summed E-state index contributed by atoms with van der Waals surface area (Å²) in [6.07, 6.45) is 3.21. The number of benzene rings is 2. The van der Waals surface area contributed by atoms with Crippen LogP contribution in [0.1, 0.15) is 11.1 Å². The van der Waals surface area contributed by atoms with E-state index >= 15 is 0 Å². The number of rotatable bonds is 5. The Morgan fingerprint density at radius 2 is 1.83 bits per heavy atom. The van der Waals surface area contributed by atoms with Crippen molar-refractivity contribution in [2.75, 3.05) is 19.5 Å². The number of anilines is 1. The summed E-state index contributed by atoms with van der Waals surface area (Å²) in [4.78, 5) is 12.1. The summed E-state index contributed by atoms with van der Waals surface area (Å²) in [6, 6.07) is 11.2. The lowest BCUT2D eigenvalue weighted by molar-refractivity contribution is -0.111. The molecule has 0 saturated carbocycles. The highest BCUT2D eigenvalue weighted by molar-refractivity contribution is 9.10. The van der Waals surface area contributed by atoms with Crippen LogP contribution in [0, 0.1) is 6.92 Å². The molecule has 1 N–H and O–H groups in total. The van der Waals surface area contributed by atoms with Gasteiger partial charge in [0.2, 0.25) is 5.91 Å². The second kappa shape index (κ2) is 7.83. The van der Waals surface area contributed by atoms with Crippen molar-refractivity contribution in [2.45, 2.75) is 6.92 Å². The lowest BCUT2D eigenvalue weighted by Gasteiger charge is -2.08. The molecule has 0 aromatic heterocycles. The van der Waals surface area contributed by atoms with E-state index in [1.54, 1.807) is 26.4 Å². The molecular weight excluding hydrogens is 358 g/mol. The molecule has 0 spiro atoms. The molecule has 0 saturated heterocycles. The number of carbonyl (C=O) groups excluding carboxylic acids is 1. The van der Waals surface area contributed by atoms with Crippen molar-refractivity contribution in [1.82, 2.24) is 0 Å². The van der Waals surface area contributed by atoms with Gasteiger partial charge in [-0.25, -0.2) is 0 Å². The van der Waals surface area contributed by atoms with Crippen molar-refractivity contribution in [3.05, 3.63) is 58.1 Å². The van der Waals surface area contributed by atoms with Gasteiger partial charge in [-0.15, -0.1) is 0 Å². The fourth-order valence-corrected chi connectivity index (χ4v) is 2.39. The lowest BCUT2D eigenvalue weighted by atomic mass is 10.1. The third-order valence-corrected chi connectivity index (χ3v) is 3.79. The van der Waals surface area contributed by atoms with Crippen LogP contribution >= 0.6 is 15.9 Å². The molecule has 0 aliphatic rings. The molecule has 0 heterocycles. The van der Waals surface area contributed by atoms with Gasteiger partial charge in [0.15, 0.2) is 11.5 Å². The first kappa shape index (κ1) is 17.1. The second-order valence-electron chi connectivity index (χ2n) is 4.90. The molecule has 0 bridgehead atoms. The minimum Gasteiger partial charge on any atom is -0.493 e. The number of hydrogen-bond donors (Lipinski definition) is 1. The van der Waals surface area contributed by atoms with Crippen molar-refractivity contribution in [3.8, 4) is 11.5 Å². The van der Waals surface area contributed by atoms with E-state index in [1.807, 2.05) is 37.3 Å². The maximum Gasteiger partial charge on any atom is 0.248 e. The Hall–Kier alpha value is -2.27. The summed E-state index contributed by atoms with van der Waals surface area (Å²) in [7, 11) is 3.16. The number of ether oxygens (including phenoxy) is 2. The molecular formula is C18H18BrNO3. The molecule has 0 atom stereocenters. The Morgan fingerprint density at radius 3 is 2.52 bits per heavy atom. The molecule has 2 rings (SSSR count). The van der Waals surface area contributed by atoms with E-state index in [0.29, 0.717) is 11.5 Å². The Kier molecular flexibility index (Phi) is 5.82. The number of aryl methyl sites for hydroxylation is 1. The smallest absolute Gasteiger partial charge is 0.248 e. The lowest BCUT2D eigenvalue weighted by Crippen LogP contribution is -2.08. The number of carbonyl (C=O) groups is 1. The maximum atomic E-state index is 12.1. The van der Waals surface area contributed by atoms with E-state index in [-0.39, 0.29) is 5.91 Å². The van der Waals surface area contributed by atoms with E-state index in [0.717, 1.165) is 21.3 Å². The fraction of sp³-hybridized carbons (Fsp3) is 0.167. The van der Waals surface area contributed by atoms with Gasteiger partial charge >= 0.3 is 0 Å². The summed E-state index contributed by atoms with van der Waals surface area (Å²) >= 11 is 3.40. The molecule has 120 valence electrons. The van der Waals surface area contributed by atoms with Gasteiger partial charge in [-0.2, -0.15) is 0 Å². The summed E-state index contributed by atoms with van der Waals surface area (Å²) < 4.78 is 11.3. The largest absolute Gasteiger partial charge is 0.493 e. The van der Waals surface area contributed by atoms with Crippen LogP contribution in [0.2, 0.25) is 0 Å². The van der Waals surface area contributed by atoms with Gasteiger partial charge in [0.1, 0.15) is 0 Å². The van der Waals surface area contributed by atoms with Crippen molar-refractivity contribution >= 4 is 33.6 Å². The number of hydrogen-bond acceptors (Lipinski definition) is 3. The van der Waals surface area contributed by atoms with Gasteiger partial charge in [0.25, 0.3) is 0 Å². The van der Waals surface area contributed by atoms with Gasteiger partial charge in [-0.05, 0) is 48.4 Å². The van der Waals surface area contributed by atoms with Gasteiger partial charge < -0.3 is 14.8 Å². The van der Waals surface area contributed by atoms with Crippen LogP contribution in [0.25, 0.3) is 6.08 Å². The minimum absolute atomic E-state index is 0.194. The van der Waals surface area contributed by atoms with E-state index < -0.39 is 0 Å². The van der Waals surface area contributed by atoms with Crippen molar-refractivity contribution < 1.29 is 14.3 Å². The van der Waals surface area contributed by atoms with Crippen LogP contribution in [0.15, 0.2) is 46.9 Å². The number of nitrogens with one attached hydrogen (secondary N) is 1. The van der Waals surface area contributed by atoms with Crippen molar-refractivity contribution in [2.24, 2.45) is 0 Å². The van der Waals surface area contributed by atoms with Crippen LogP contribution in [0.5, 0.6) is 11.5 Å². The summed E-state index contributed by atoms with van der Waals surface area (Å²) in [5.41, 5.74) is 2.63. The third-order valence-electron chi connectivity index (χ3n) is 3.29. The number of amides is 1. The Morgan fingerprint density at radius 1 is 1.09 bits per heavy atom. The summed E-state index contributed by atoms with van der Waals surface area (Å²) in [5.74, 6) is 1.08. The third kappa shape index (κ3) is 4.60. The standard InChI is InChI=1S/C18H18BrNO3/c1-12-4-7-14(19)11-15(12)20-18(21)9-6-13-5-8-16(22-2)17(10-13)23-3/h4-11H,1-3H3,(H,20,21)/b9-6+. The molecule has 0 aliphatic carbocycles. The van der Waals surface area contributed by atoms with E-state index in [9.17, 15) is 4.79 Å². The van der Waals surface area contributed by atoms with Gasteiger partial charge in [0, 0.05) is 16.2 Å². The van der Waals surface area contributed by atoms with Crippen molar-refractivity contribution in [3.63, 3.8) is 0 Å². The first-order valence-electron chi connectivity index (χ1n) is 7.00. The molecule has 0 unspecified atom stereocenters. The first-order chi connectivity index (χ1) is 11.0. The highest BCUT2D eigenvalue weighted by Crippen LogP contribution is 2.28. The predicted octanol–water partition coefficient (Wildman–Crippen LogP) is 4.43. The van der Waals surface area contributed by atoms with E-state index in [4.69, 9.17) is 9.47 Å².